The molecule has 0 saturated heterocycles. The molecule has 2 heterocycles. The predicted octanol–water partition coefficient (Wildman–Crippen LogP) is 3.77. The van der Waals surface area contributed by atoms with Gasteiger partial charge in [-0.2, -0.15) is 5.10 Å². The summed E-state index contributed by atoms with van der Waals surface area (Å²) in [5.41, 5.74) is 7.69. The van der Waals surface area contributed by atoms with E-state index in [-0.39, 0.29) is 6.04 Å². The highest BCUT2D eigenvalue weighted by Crippen LogP contribution is 2.28. The number of rotatable bonds is 6. The number of aromatic nitrogens is 3. The zero-order valence-electron chi connectivity index (χ0n) is 19.3. The summed E-state index contributed by atoms with van der Waals surface area (Å²) in [6.07, 6.45) is 1.61. The molecule has 34 heavy (non-hydrogen) atoms. The van der Waals surface area contributed by atoms with Gasteiger partial charge in [-0.05, 0) is 38.1 Å². The molecule has 0 saturated carbocycles. The van der Waals surface area contributed by atoms with E-state index >= 15 is 0 Å². The number of hydrazine groups is 1. The van der Waals surface area contributed by atoms with Gasteiger partial charge in [0.2, 0.25) is 0 Å². The molecule has 4 aromatic rings. The Morgan fingerprint density at radius 2 is 1.62 bits per heavy atom. The summed E-state index contributed by atoms with van der Waals surface area (Å²) in [6.45, 7) is 3.98. The third-order valence-corrected chi connectivity index (χ3v) is 5.31. The van der Waals surface area contributed by atoms with Crippen LogP contribution in [0.3, 0.4) is 0 Å². The molecule has 0 unspecified atom stereocenters. The minimum absolute atomic E-state index is 0.0525. The SMILES string of the molecule is COc1ccc(C(=O)NNC(=O)c2cc(-c3ccccc3)nc3c2cnn3C(C)C)cc1OC. The quantitative estimate of drug-likeness (QED) is 0.425. The van der Waals surface area contributed by atoms with Gasteiger partial charge in [-0.1, -0.05) is 30.3 Å². The smallest absolute Gasteiger partial charge is 0.270 e. The second kappa shape index (κ2) is 9.62. The van der Waals surface area contributed by atoms with Crippen LogP contribution in [0.2, 0.25) is 0 Å². The van der Waals surface area contributed by atoms with Crippen molar-refractivity contribution in [1.29, 1.82) is 0 Å². The number of amides is 2. The predicted molar refractivity (Wildman–Crippen MR) is 128 cm³/mol. The van der Waals surface area contributed by atoms with Crippen LogP contribution in [0.25, 0.3) is 22.3 Å². The summed E-state index contributed by atoms with van der Waals surface area (Å²) < 4.78 is 12.2. The molecule has 2 amide bonds. The van der Waals surface area contributed by atoms with Crippen molar-refractivity contribution in [2.45, 2.75) is 19.9 Å². The van der Waals surface area contributed by atoms with Gasteiger partial charge < -0.3 is 9.47 Å². The first-order chi connectivity index (χ1) is 16.4. The van der Waals surface area contributed by atoms with E-state index in [1.165, 1.54) is 20.3 Å². The molecule has 0 aliphatic carbocycles. The number of hydrogen-bond donors (Lipinski definition) is 2. The fourth-order valence-corrected chi connectivity index (χ4v) is 3.57. The Kier molecular flexibility index (Phi) is 6.44. The van der Waals surface area contributed by atoms with Gasteiger partial charge in [0.1, 0.15) is 0 Å². The second-order valence-electron chi connectivity index (χ2n) is 7.82. The van der Waals surface area contributed by atoms with Gasteiger partial charge in [0.15, 0.2) is 17.1 Å². The summed E-state index contributed by atoms with van der Waals surface area (Å²) in [5, 5.41) is 5.00. The molecule has 9 nitrogen and oxygen atoms in total. The molecule has 174 valence electrons. The van der Waals surface area contributed by atoms with E-state index < -0.39 is 11.8 Å². The van der Waals surface area contributed by atoms with E-state index in [0.29, 0.717) is 39.4 Å². The maximum atomic E-state index is 13.1. The van der Waals surface area contributed by atoms with Crippen molar-refractivity contribution in [1.82, 2.24) is 25.6 Å². The van der Waals surface area contributed by atoms with E-state index in [0.717, 1.165) is 5.56 Å². The lowest BCUT2D eigenvalue weighted by Gasteiger charge is -2.12. The number of ether oxygens (including phenoxy) is 2. The van der Waals surface area contributed by atoms with E-state index in [2.05, 4.69) is 16.0 Å². The molecule has 0 aliphatic heterocycles. The third kappa shape index (κ3) is 4.40. The first-order valence-electron chi connectivity index (χ1n) is 10.7. The van der Waals surface area contributed by atoms with Crippen LogP contribution in [0.15, 0.2) is 60.8 Å². The number of nitrogens with one attached hydrogen (secondary N) is 2. The standard InChI is InChI=1S/C25H25N5O4/c1-15(2)30-23-19(14-26-30)18(13-20(27-23)16-8-6-5-7-9-16)25(32)29-28-24(31)17-10-11-21(33-3)22(12-17)34-4/h5-15H,1-4H3,(H,28,31)(H,29,32). The van der Waals surface area contributed by atoms with Gasteiger partial charge in [0.25, 0.3) is 11.8 Å². The fourth-order valence-electron chi connectivity index (χ4n) is 3.57. The first-order valence-corrected chi connectivity index (χ1v) is 10.7. The highest BCUT2D eigenvalue weighted by Gasteiger charge is 2.19. The minimum Gasteiger partial charge on any atom is -0.493 e. The number of hydrogen-bond acceptors (Lipinski definition) is 6. The average Bonchev–Trinajstić information content (AvgIpc) is 3.31. The van der Waals surface area contributed by atoms with Gasteiger partial charge in [0.05, 0.1) is 37.1 Å². The fraction of sp³-hybridized carbons (Fsp3) is 0.200. The van der Waals surface area contributed by atoms with Gasteiger partial charge >= 0.3 is 0 Å². The Balaban J connectivity index is 1.64. The number of pyridine rings is 1. The van der Waals surface area contributed by atoms with E-state index in [9.17, 15) is 9.59 Å². The minimum atomic E-state index is -0.499. The maximum absolute atomic E-state index is 13.1. The maximum Gasteiger partial charge on any atom is 0.270 e. The zero-order valence-corrected chi connectivity index (χ0v) is 19.3. The summed E-state index contributed by atoms with van der Waals surface area (Å²) in [7, 11) is 3.00. The van der Waals surface area contributed by atoms with Crippen molar-refractivity contribution in [2.75, 3.05) is 14.2 Å². The molecule has 9 heteroatoms. The largest absolute Gasteiger partial charge is 0.493 e. The van der Waals surface area contributed by atoms with Gasteiger partial charge in [-0.15, -0.1) is 0 Å². The van der Waals surface area contributed by atoms with Crippen molar-refractivity contribution in [3.8, 4) is 22.8 Å². The number of fused-ring (bicyclic) bond motifs is 1. The Morgan fingerprint density at radius 3 is 2.29 bits per heavy atom. The third-order valence-electron chi connectivity index (χ3n) is 5.31. The van der Waals surface area contributed by atoms with Crippen molar-refractivity contribution in [2.24, 2.45) is 0 Å². The highest BCUT2D eigenvalue weighted by molar-refractivity contribution is 6.07. The topological polar surface area (TPSA) is 107 Å². The van der Waals surface area contributed by atoms with Crippen LogP contribution in [-0.4, -0.2) is 40.8 Å². The molecule has 0 spiro atoms. The summed E-state index contributed by atoms with van der Waals surface area (Å²) in [4.78, 5) is 30.5. The molecule has 0 fully saturated rings. The molecule has 0 atom stereocenters. The zero-order chi connectivity index (χ0) is 24.2. The van der Waals surface area contributed by atoms with Crippen LogP contribution in [0.4, 0.5) is 0 Å². The normalized spacial score (nSPS) is 10.9. The lowest BCUT2D eigenvalue weighted by atomic mass is 10.1. The average molecular weight is 460 g/mol. The first kappa shape index (κ1) is 22.8. The Morgan fingerprint density at radius 1 is 0.912 bits per heavy atom. The molecule has 2 N–H and O–H groups in total. The molecule has 2 aromatic carbocycles. The Hall–Kier alpha value is -4.40. The number of nitrogens with zero attached hydrogens (tertiary/aromatic N) is 3. The number of carbonyl (C=O) groups is 2. The van der Waals surface area contributed by atoms with Crippen molar-refractivity contribution < 1.29 is 19.1 Å². The van der Waals surface area contributed by atoms with E-state index in [4.69, 9.17) is 14.5 Å². The Bertz CT molecular complexity index is 1350. The molecular formula is C25H25N5O4. The van der Waals surface area contributed by atoms with Crippen molar-refractivity contribution in [3.63, 3.8) is 0 Å². The van der Waals surface area contributed by atoms with Crippen LogP contribution < -0.4 is 20.3 Å². The summed E-state index contributed by atoms with van der Waals surface area (Å²) >= 11 is 0. The number of benzene rings is 2. The van der Waals surface area contributed by atoms with E-state index in [1.807, 2.05) is 44.2 Å². The van der Waals surface area contributed by atoms with Crippen LogP contribution in [0.1, 0.15) is 40.6 Å². The summed E-state index contributed by atoms with van der Waals surface area (Å²) in [5.74, 6) is -0.0775. The van der Waals surface area contributed by atoms with E-state index in [1.54, 1.807) is 29.1 Å². The lowest BCUT2D eigenvalue weighted by molar-refractivity contribution is 0.0847. The number of carbonyl (C=O) groups excluding carboxylic acids is 2. The van der Waals surface area contributed by atoms with Gasteiger partial charge in [0, 0.05) is 17.2 Å². The second-order valence-corrected chi connectivity index (χ2v) is 7.82. The number of methoxy groups -OCH3 is 2. The molecule has 0 aliphatic rings. The highest BCUT2D eigenvalue weighted by atomic mass is 16.5. The van der Waals surface area contributed by atoms with Gasteiger partial charge in [-0.3, -0.25) is 20.4 Å². The van der Waals surface area contributed by atoms with Crippen LogP contribution in [0, 0.1) is 0 Å². The molecule has 4 rings (SSSR count). The molecular weight excluding hydrogens is 434 g/mol. The Labute approximate surface area is 196 Å². The molecule has 2 aromatic heterocycles. The van der Waals surface area contributed by atoms with Crippen molar-refractivity contribution in [3.05, 3.63) is 71.9 Å². The van der Waals surface area contributed by atoms with Crippen molar-refractivity contribution >= 4 is 22.8 Å². The van der Waals surface area contributed by atoms with Gasteiger partial charge in [-0.25, -0.2) is 9.67 Å². The molecule has 0 bridgehead atoms. The monoisotopic (exact) mass is 459 g/mol. The van der Waals surface area contributed by atoms with Crippen LogP contribution >= 0.6 is 0 Å². The molecule has 0 radical (unpaired) electrons. The lowest BCUT2D eigenvalue weighted by Crippen LogP contribution is -2.41. The summed E-state index contributed by atoms with van der Waals surface area (Å²) in [6, 6.07) is 16.0. The van der Waals surface area contributed by atoms with Crippen LogP contribution in [-0.2, 0) is 0 Å². The van der Waals surface area contributed by atoms with Crippen LogP contribution in [0.5, 0.6) is 11.5 Å².